The van der Waals surface area contributed by atoms with Crippen molar-refractivity contribution in [2.75, 3.05) is 18.9 Å². The lowest BCUT2D eigenvalue weighted by molar-refractivity contribution is -0.147. The molecule has 338 valence electrons. The first-order valence-corrected chi connectivity index (χ1v) is 23.3. The smallest absolute Gasteiger partial charge is 0.459 e. The van der Waals surface area contributed by atoms with Crippen LogP contribution in [-0.4, -0.2) is 61.6 Å². The molecule has 17 heteroatoms. The average molecular weight is 885 g/mol. The normalized spacial score (nSPS) is 19.1. The summed E-state index contributed by atoms with van der Waals surface area (Å²) in [5, 5.41) is 14.0. The van der Waals surface area contributed by atoms with Crippen LogP contribution in [0.15, 0.2) is 54.9 Å². The molecule has 2 aromatic heterocycles. The highest BCUT2D eigenvalue weighted by atomic mass is 31.2. The molecule has 5 atom stereocenters. The van der Waals surface area contributed by atoms with Crippen LogP contribution in [0, 0.1) is 36.0 Å². The molecule has 0 bridgehead atoms. The number of carbonyl (C=O) groups is 1. The van der Waals surface area contributed by atoms with E-state index >= 15 is 0 Å². The number of nitrogen functional groups attached to an aromatic ring is 1. The van der Waals surface area contributed by atoms with Gasteiger partial charge in [-0.1, -0.05) is 115 Å². The maximum atomic E-state index is 14.9. The number of nitrogens with two attached hydrogens (primary N) is 1. The maximum absolute atomic E-state index is 14.9. The van der Waals surface area contributed by atoms with Gasteiger partial charge in [0.15, 0.2) is 22.6 Å². The van der Waals surface area contributed by atoms with Crippen molar-refractivity contribution < 1.29 is 46.2 Å². The Morgan fingerprint density at radius 3 is 2.26 bits per heavy atom. The van der Waals surface area contributed by atoms with E-state index < -0.39 is 62.0 Å². The van der Waals surface area contributed by atoms with Gasteiger partial charge in [-0.2, -0.15) is 19.4 Å². The van der Waals surface area contributed by atoms with Gasteiger partial charge in [0.1, 0.15) is 42.4 Å². The zero-order valence-corrected chi connectivity index (χ0v) is 36.5. The second-order valence-corrected chi connectivity index (χ2v) is 17.7. The molecule has 2 aromatic carbocycles. The van der Waals surface area contributed by atoms with Gasteiger partial charge in [0.2, 0.25) is 0 Å². The fourth-order valence-electron chi connectivity index (χ4n) is 7.61. The van der Waals surface area contributed by atoms with E-state index in [0.29, 0.717) is 6.07 Å². The Kier molecular flexibility index (Phi) is 18.6. The molecule has 1 saturated heterocycles. The van der Waals surface area contributed by atoms with Gasteiger partial charge in [-0.25, -0.2) is 18.3 Å². The largest absolute Gasteiger partial charge is 0.464 e. The van der Waals surface area contributed by atoms with Gasteiger partial charge in [-0.05, 0) is 55.0 Å². The molecule has 0 spiro atoms. The van der Waals surface area contributed by atoms with Crippen molar-refractivity contribution in [2.45, 2.75) is 141 Å². The summed E-state index contributed by atoms with van der Waals surface area (Å²) in [6, 6.07) is 9.30. The number of ether oxygens (including phenoxy) is 2. The third kappa shape index (κ3) is 14.0. The number of esters is 1. The average Bonchev–Trinajstić information content (AvgIpc) is 3.81. The van der Waals surface area contributed by atoms with E-state index in [9.17, 15) is 27.6 Å². The number of nitrogens with zero attached hydrogens (tertiary/aromatic N) is 4. The van der Waals surface area contributed by atoms with Crippen LogP contribution in [-0.2, 0) is 29.8 Å². The van der Waals surface area contributed by atoms with Crippen LogP contribution in [0.2, 0.25) is 0 Å². The molecule has 0 amide bonds. The van der Waals surface area contributed by atoms with E-state index in [1.807, 2.05) is 0 Å². The van der Waals surface area contributed by atoms with Gasteiger partial charge in [0.05, 0.1) is 12.9 Å². The van der Waals surface area contributed by atoms with Crippen molar-refractivity contribution in [1.82, 2.24) is 24.6 Å². The number of unbranched alkanes of at least 4 members (excludes halogenated alkanes) is 10. The molecule has 1 aliphatic heterocycles. The molecular formula is C45H60F3N6O7P. The third-order valence-corrected chi connectivity index (χ3v) is 12.6. The van der Waals surface area contributed by atoms with Crippen LogP contribution in [0.3, 0.4) is 0 Å². The molecule has 0 saturated carbocycles. The highest BCUT2D eigenvalue weighted by Crippen LogP contribution is 2.48. The zero-order chi connectivity index (χ0) is 44.5. The predicted octanol–water partition coefficient (Wildman–Crippen LogP) is 9.54. The number of hydrogen-bond donors (Lipinski definition) is 3. The summed E-state index contributed by atoms with van der Waals surface area (Å²) in [5.74, 6) is -0.226. The Morgan fingerprint density at radius 2 is 1.63 bits per heavy atom. The molecule has 4 N–H and O–H groups in total. The lowest BCUT2D eigenvalue weighted by atomic mass is 9.94. The lowest BCUT2D eigenvalue weighted by Crippen LogP contribution is -2.44. The Morgan fingerprint density at radius 1 is 1.00 bits per heavy atom. The fraction of sp³-hybridized carbons (Fsp3) is 0.556. The van der Waals surface area contributed by atoms with Gasteiger partial charge in [0, 0.05) is 12.5 Å². The van der Waals surface area contributed by atoms with E-state index in [4.69, 9.17) is 30.7 Å². The number of hydrogen-bond acceptors (Lipinski definition) is 11. The molecule has 1 unspecified atom stereocenters. The number of para-hydroxylation sites is 1. The van der Waals surface area contributed by atoms with Crippen molar-refractivity contribution >= 4 is 30.7 Å². The summed E-state index contributed by atoms with van der Waals surface area (Å²) in [5.41, 5.74) is 4.03. The number of terminal acetylenes is 1. The third-order valence-electron chi connectivity index (χ3n) is 11.1. The molecule has 4 aromatic rings. The first-order chi connectivity index (χ1) is 29.9. The van der Waals surface area contributed by atoms with Gasteiger partial charge in [0.25, 0.3) is 0 Å². The van der Waals surface area contributed by atoms with Crippen LogP contribution >= 0.6 is 7.75 Å². The number of halogens is 3. The van der Waals surface area contributed by atoms with Crippen molar-refractivity contribution in [1.29, 1.82) is 0 Å². The SMILES string of the molecule is C#C[C@]1(COP(=O)(N[C@@H](Cc2cc(F)cc(F)c2)C(=O)OCC(CCCCCCCC)CCCCCCCC)Oc2ccccc2)O[C@@H](n2cnc3c(N)nc(F)nc32)C[C@@H]1O. The molecule has 0 radical (unpaired) electrons. The van der Waals surface area contributed by atoms with Gasteiger partial charge in [-0.3, -0.25) is 13.9 Å². The summed E-state index contributed by atoms with van der Waals surface area (Å²) >= 11 is 0. The molecule has 62 heavy (non-hydrogen) atoms. The number of carbonyl (C=O) groups excluding carboxylic acids is 1. The Hall–Kier alpha value is -4.52. The number of imidazole rings is 1. The lowest BCUT2D eigenvalue weighted by Gasteiger charge is -2.30. The maximum Gasteiger partial charge on any atom is 0.459 e. The molecule has 0 aliphatic carbocycles. The highest BCUT2D eigenvalue weighted by Gasteiger charge is 2.50. The minimum absolute atomic E-state index is 0.0167. The molecule has 3 heterocycles. The van der Waals surface area contributed by atoms with Crippen molar-refractivity contribution in [3.8, 4) is 18.1 Å². The first kappa shape index (κ1) is 48.5. The Bertz CT molecular complexity index is 2090. The number of aliphatic hydroxyl groups excluding tert-OH is 1. The summed E-state index contributed by atoms with van der Waals surface area (Å²) in [6.45, 7) is 3.70. The van der Waals surface area contributed by atoms with E-state index in [0.717, 1.165) is 76.3 Å². The van der Waals surface area contributed by atoms with Crippen LogP contribution in [0.25, 0.3) is 11.2 Å². The number of fused-ring (bicyclic) bond motifs is 1. The monoisotopic (exact) mass is 884 g/mol. The molecular weight excluding hydrogens is 824 g/mol. The minimum atomic E-state index is -4.72. The Labute approximate surface area is 362 Å². The molecule has 5 rings (SSSR count). The number of anilines is 1. The van der Waals surface area contributed by atoms with Crippen LogP contribution in [0.4, 0.5) is 19.0 Å². The minimum Gasteiger partial charge on any atom is -0.464 e. The number of benzene rings is 2. The number of aliphatic hydroxyl groups is 1. The quantitative estimate of drug-likeness (QED) is 0.0171. The summed E-state index contributed by atoms with van der Waals surface area (Å²) in [6.07, 6.45) is 18.3. The second-order valence-electron chi connectivity index (χ2n) is 16.0. The molecule has 13 nitrogen and oxygen atoms in total. The van der Waals surface area contributed by atoms with Crippen LogP contribution in [0.5, 0.6) is 5.75 Å². The standard InChI is InChI=1S/C45H60F3N6O7P/c1-4-7-9-11-13-16-20-32(21-17-14-12-10-8-5-2)29-58-43(56)37(26-33-24-34(46)27-35(47)25-33)53-62(57,61-36-22-18-15-19-23-36)59-30-45(6-3)38(55)28-39(60-45)54-31-50-40-41(49)51-44(48)52-42(40)54/h3,15,18-19,22-25,27,31-32,37-39,55H,4-5,7-14,16-17,20-21,26,28-30H2,1-2H3,(H,53,57)(H2,49,51,52)/t37-,38-,39+,45+,62?/m0/s1. The van der Waals surface area contributed by atoms with Crippen molar-refractivity contribution in [3.05, 3.63) is 78.1 Å². The zero-order valence-electron chi connectivity index (χ0n) is 35.7. The molecule has 1 aliphatic rings. The summed E-state index contributed by atoms with van der Waals surface area (Å²) in [7, 11) is -4.72. The van der Waals surface area contributed by atoms with Gasteiger partial charge >= 0.3 is 19.8 Å². The topological polar surface area (TPSA) is 173 Å². The second kappa shape index (κ2) is 23.8. The number of nitrogens with one attached hydrogen (secondary N) is 1. The van der Waals surface area contributed by atoms with Gasteiger partial charge in [-0.15, -0.1) is 6.42 Å². The molecule has 1 fully saturated rings. The first-order valence-electron chi connectivity index (χ1n) is 21.7. The predicted molar refractivity (Wildman–Crippen MR) is 230 cm³/mol. The van der Waals surface area contributed by atoms with Crippen molar-refractivity contribution in [2.24, 2.45) is 5.92 Å². The fourth-order valence-corrected chi connectivity index (χ4v) is 9.13. The van der Waals surface area contributed by atoms with E-state index in [-0.39, 0.29) is 53.7 Å². The highest BCUT2D eigenvalue weighted by molar-refractivity contribution is 7.52. The van der Waals surface area contributed by atoms with E-state index in [1.165, 1.54) is 48.7 Å². The summed E-state index contributed by atoms with van der Waals surface area (Å²) in [4.78, 5) is 25.6. The summed E-state index contributed by atoms with van der Waals surface area (Å²) < 4.78 is 83.4. The van der Waals surface area contributed by atoms with Gasteiger partial charge < -0.3 is 24.8 Å². The van der Waals surface area contributed by atoms with E-state index in [2.05, 4.69) is 39.8 Å². The van der Waals surface area contributed by atoms with Crippen molar-refractivity contribution in [3.63, 3.8) is 0 Å². The van der Waals surface area contributed by atoms with Crippen LogP contribution in [0.1, 0.15) is 122 Å². The van der Waals surface area contributed by atoms with E-state index in [1.54, 1.807) is 18.2 Å². The number of aromatic nitrogens is 4. The number of rotatable bonds is 27. The Balaban J connectivity index is 1.37. The van der Waals surface area contributed by atoms with Crippen LogP contribution < -0.4 is 15.3 Å².